The van der Waals surface area contributed by atoms with Crippen LogP contribution in [0.4, 0.5) is 0 Å². The van der Waals surface area contributed by atoms with E-state index in [1.54, 1.807) is 5.57 Å². The minimum Gasteiger partial charge on any atom is -0.0839 e. The standard InChI is InChI=1S/C37H38/c1-23-12-10-13-28(20-23)29-14-11-15-30(21-29)31-18-19-33-32(22-31)24(2)25(3)37(33)27(5)26(4)36(6,7)34-16-8-9-17-35(34)37/h9-15,17-22H,8,16H2,1-7H3. The van der Waals surface area contributed by atoms with E-state index in [1.807, 2.05) is 0 Å². The van der Waals surface area contributed by atoms with Crippen LogP contribution in [0.25, 0.3) is 27.8 Å². The van der Waals surface area contributed by atoms with Crippen molar-refractivity contribution < 1.29 is 0 Å². The van der Waals surface area contributed by atoms with Crippen molar-refractivity contribution in [3.63, 3.8) is 0 Å². The average Bonchev–Trinajstić information content (AvgIpc) is 3.13. The van der Waals surface area contributed by atoms with Gasteiger partial charge in [0.25, 0.3) is 0 Å². The molecule has 1 spiro atoms. The molecule has 3 aromatic rings. The van der Waals surface area contributed by atoms with Crippen LogP contribution in [0.5, 0.6) is 0 Å². The molecule has 0 amide bonds. The molecule has 0 N–H and O–H groups in total. The zero-order chi connectivity index (χ0) is 26.1. The maximum Gasteiger partial charge on any atom is 0.0630 e. The molecule has 0 nitrogen and oxygen atoms in total. The van der Waals surface area contributed by atoms with Gasteiger partial charge in [-0.2, -0.15) is 0 Å². The van der Waals surface area contributed by atoms with E-state index in [1.165, 1.54) is 66.8 Å². The molecule has 0 aliphatic heterocycles. The molecule has 0 aromatic heterocycles. The zero-order valence-corrected chi connectivity index (χ0v) is 23.4. The summed E-state index contributed by atoms with van der Waals surface area (Å²) in [5.74, 6) is 0. The molecular weight excluding hydrogens is 444 g/mol. The number of rotatable bonds is 2. The lowest BCUT2D eigenvalue weighted by molar-refractivity contribution is 0.458. The highest BCUT2D eigenvalue weighted by Gasteiger charge is 2.52. The highest BCUT2D eigenvalue weighted by molar-refractivity contribution is 5.88. The van der Waals surface area contributed by atoms with E-state index in [-0.39, 0.29) is 10.8 Å². The number of benzene rings is 3. The molecule has 37 heavy (non-hydrogen) atoms. The third kappa shape index (κ3) is 3.28. The summed E-state index contributed by atoms with van der Waals surface area (Å²) < 4.78 is 0. The van der Waals surface area contributed by atoms with Crippen LogP contribution in [0.1, 0.15) is 71.1 Å². The first-order valence-electron chi connectivity index (χ1n) is 13.8. The summed E-state index contributed by atoms with van der Waals surface area (Å²) >= 11 is 0. The summed E-state index contributed by atoms with van der Waals surface area (Å²) in [6.45, 7) is 16.5. The Labute approximate surface area is 223 Å². The molecule has 0 radical (unpaired) electrons. The highest BCUT2D eigenvalue weighted by Crippen LogP contribution is 2.63. The maximum atomic E-state index is 2.46. The lowest BCUT2D eigenvalue weighted by atomic mass is 9.54. The molecule has 1 atom stereocenters. The Kier molecular flexibility index (Phi) is 5.39. The first kappa shape index (κ1) is 24.0. The molecule has 3 aliphatic carbocycles. The Morgan fingerprint density at radius 2 is 1.30 bits per heavy atom. The molecule has 0 heterocycles. The Balaban J connectivity index is 1.53. The third-order valence-electron chi connectivity index (χ3n) is 9.89. The fourth-order valence-electron chi connectivity index (χ4n) is 7.42. The van der Waals surface area contributed by atoms with Crippen LogP contribution in [-0.2, 0) is 5.41 Å². The second-order valence-electron chi connectivity index (χ2n) is 11.9. The first-order valence-corrected chi connectivity index (χ1v) is 13.8. The van der Waals surface area contributed by atoms with Gasteiger partial charge in [0.2, 0.25) is 0 Å². The SMILES string of the molecule is CC1=C(C)C2(C(C)=C(C)C(C)(C)C3=C2C=CCC3)c2ccc(-c3cccc(-c4cccc(C)c4)c3)cc21. The van der Waals surface area contributed by atoms with Gasteiger partial charge in [-0.25, -0.2) is 0 Å². The fraction of sp³-hybridized carbons (Fsp3) is 0.297. The van der Waals surface area contributed by atoms with Crippen LogP contribution in [0.2, 0.25) is 0 Å². The average molecular weight is 483 g/mol. The molecule has 3 aliphatic rings. The van der Waals surface area contributed by atoms with E-state index < -0.39 is 0 Å². The van der Waals surface area contributed by atoms with Gasteiger partial charge in [0, 0.05) is 5.41 Å². The monoisotopic (exact) mass is 482 g/mol. The van der Waals surface area contributed by atoms with Crippen LogP contribution in [0.3, 0.4) is 0 Å². The van der Waals surface area contributed by atoms with Crippen LogP contribution >= 0.6 is 0 Å². The van der Waals surface area contributed by atoms with Gasteiger partial charge in [-0.05, 0) is 104 Å². The fourth-order valence-corrected chi connectivity index (χ4v) is 7.42. The molecule has 0 saturated carbocycles. The van der Waals surface area contributed by atoms with Gasteiger partial charge in [-0.3, -0.25) is 0 Å². The van der Waals surface area contributed by atoms with E-state index in [4.69, 9.17) is 0 Å². The largest absolute Gasteiger partial charge is 0.0839 e. The molecule has 186 valence electrons. The summed E-state index contributed by atoms with van der Waals surface area (Å²) in [5.41, 5.74) is 18.4. The predicted octanol–water partition coefficient (Wildman–Crippen LogP) is 10.4. The molecule has 0 saturated heterocycles. The van der Waals surface area contributed by atoms with E-state index in [9.17, 15) is 0 Å². The molecule has 3 aromatic carbocycles. The maximum absolute atomic E-state index is 2.46. The van der Waals surface area contributed by atoms with Crippen molar-refractivity contribution in [3.05, 3.63) is 123 Å². The smallest absolute Gasteiger partial charge is 0.0630 e. The van der Waals surface area contributed by atoms with Crippen LogP contribution in [0, 0.1) is 12.3 Å². The van der Waals surface area contributed by atoms with Crippen molar-refractivity contribution in [2.75, 3.05) is 0 Å². The number of fused-ring (bicyclic) bond motifs is 3. The molecule has 0 fully saturated rings. The summed E-state index contributed by atoms with van der Waals surface area (Å²) in [5, 5.41) is 0. The minimum absolute atomic E-state index is 0.114. The van der Waals surface area contributed by atoms with Gasteiger partial charge >= 0.3 is 0 Å². The molecular formula is C37H38. The zero-order valence-electron chi connectivity index (χ0n) is 23.4. The van der Waals surface area contributed by atoms with Crippen LogP contribution in [-0.4, -0.2) is 0 Å². The van der Waals surface area contributed by atoms with Gasteiger partial charge in [0.15, 0.2) is 0 Å². The Hall–Kier alpha value is -3.38. The second-order valence-corrected chi connectivity index (χ2v) is 11.9. The van der Waals surface area contributed by atoms with E-state index in [2.05, 4.69) is 127 Å². The lowest BCUT2D eigenvalue weighted by Crippen LogP contribution is -2.39. The molecule has 1 unspecified atom stereocenters. The summed E-state index contributed by atoms with van der Waals surface area (Å²) in [4.78, 5) is 0. The number of aryl methyl sites for hydroxylation is 1. The van der Waals surface area contributed by atoms with Crippen molar-refractivity contribution >= 4 is 5.57 Å². The van der Waals surface area contributed by atoms with Gasteiger partial charge in [-0.1, -0.05) is 108 Å². The van der Waals surface area contributed by atoms with Gasteiger partial charge < -0.3 is 0 Å². The predicted molar refractivity (Wildman–Crippen MR) is 160 cm³/mol. The molecule has 0 bridgehead atoms. The highest BCUT2D eigenvalue weighted by atomic mass is 14.5. The van der Waals surface area contributed by atoms with E-state index >= 15 is 0 Å². The Morgan fingerprint density at radius 1 is 0.649 bits per heavy atom. The van der Waals surface area contributed by atoms with Crippen LogP contribution in [0.15, 0.2) is 107 Å². The third-order valence-corrected chi connectivity index (χ3v) is 9.89. The second kappa shape index (κ2) is 8.32. The van der Waals surface area contributed by atoms with Gasteiger partial charge in [0.05, 0.1) is 5.41 Å². The summed E-state index contributed by atoms with van der Waals surface area (Å²) in [6, 6.07) is 25.0. The normalized spacial score (nSPS) is 22.1. The van der Waals surface area contributed by atoms with E-state index in [0.29, 0.717) is 0 Å². The topological polar surface area (TPSA) is 0 Å². The number of allylic oxidation sites excluding steroid dienone is 8. The van der Waals surface area contributed by atoms with Gasteiger partial charge in [-0.15, -0.1) is 0 Å². The molecule has 0 heteroatoms. The van der Waals surface area contributed by atoms with Crippen molar-refractivity contribution in [3.8, 4) is 22.3 Å². The lowest BCUT2D eigenvalue weighted by Gasteiger charge is -2.49. The summed E-state index contributed by atoms with van der Waals surface area (Å²) in [7, 11) is 0. The number of hydrogen-bond acceptors (Lipinski definition) is 0. The van der Waals surface area contributed by atoms with Crippen molar-refractivity contribution in [2.45, 2.75) is 66.7 Å². The van der Waals surface area contributed by atoms with Crippen molar-refractivity contribution in [1.82, 2.24) is 0 Å². The van der Waals surface area contributed by atoms with Crippen molar-refractivity contribution in [2.24, 2.45) is 5.41 Å². The van der Waals surface area contributed by atoms with E-state index in [0.717, 1.165) is 12.8 Å². The Morgan fingerprint density at radius 3 is 2.00 bits per heavy atom. The quantitative estimate of drug-likeness (QED) is 0.319. The van der Waals surface area contributed by atoms with Gasteiger partial charge in [0.1, 0.15) is 0 Å². The Bertz CT molecular complexity index is 1580. The molecule has 6 rings (SSSR count). The minimum atomic E-state index is -0.132. The van der Waals surface area contributed by atoms with Crippen LogP contribution < -0.4 is 0 Å². The number of hydrogen-bond donors (Lipinski definition) is 0. The van der Waals surface area contributed by atoms with Crippen molar-refractivity contribution in [1.29, 1.82) is 0 Å². The first-order chi connectivity index (χ1) is 17.7. The summed E-state index contributed by atoms with van der Waals surface area (Å²) in [6.07, 6.45) is 7.17.